The number of Topliss-reactive ketones (excluding diaryl/α,β-unsaturated/α-hetero) is 1. The highest BCUT2D eigenvalue weighted by molar-refractivity contribution is 9.10. The van der Waals surface area contributed by atoms with E-state index in [1.165, 1.54) is 12.8 Å². The van der Waals surface area contributed by atoms with E-state index in [1.807, 2.05) is 18.2 Å². The van der Waals surface area contributed by atoms with Crippen molar-refractivity contribution in [2.75, 3.05) is 24.5 Å². The number of nitrogens with two attached hydrogens (primary N) is 1. The molecule has 0 radical (unpaired) electrons. The molecule has 0 spiro atoms. The maximum atomic E-state index is 12.1. The smallest absolute Gasteiger partial charge is 0.167 e. The Bertz CT molecular complexity index is 414. The first-order valence-electron chi connectivity index (χ1n) is 6.00. The third-order valence-electron chi connectivity index (χ3n) is 3.09. The predicted octanol–water partition coefficient (Wildman–Crippen LogP) is 2.58. The lowest BCUT2D eigenvalue weighted by atomic mass is 10.1. The number of rotatable bonds is 4. The van der Waals surface area contributed by atoms with Crippen LogP contribution in [0.4, 0.5) is 5.69 Å². The standard InChI is InChI=1S/C13H17BrN2O/c14-10-4-3-5-11(16-8-1-2-9-16)13(10)12(17)6-7-15/h3-5H,1-2,6-9,15H2. The number of carbonyl (C=O) groups excluding carboxylic acids is 1. The molecule has 0 aliphatic carbocycles. The third-order valence-corrected chi connectivity index (χ3v) is 3.75. The molecule has 1 heterocycles. The number of carbonyl (C=O) groups is 1. The molecule has 1 aromatic carbocycles. The van der Waals surface area contributed by atoms with Crippen LogP contribution in [-0.4, -0.2) is 25.4 Å². The lowest BCUT2D eigenvalue weighted by molar-refractivity contribution is 0.0985. The van der Waals surface area contributed by atoms with Crippen molar-refractivity contribution >= 4 is 27.4 Å². The minimum Gasteiger partial charge on any atom is -0.371 e. The monoisotopic (exact) mass is 296 g/mol. The van der Waals surface area contributed by atoms with Gasteiger partial charge in [-0.15, -0.1) is 0 Å². The summed E-state index contributed by atoms with van der Waals surface area (Å²) >= 11 is 3.48. The molecule has 0 saturated carbocycles. The van der Waals surface area contributed by atoms with Gasteiger partial charge in [0.15, 0.2) is 5.78 Å². The quantitative estimate of drug-likeness (QED) is 0.869. The highest BCUT2D eigenvalue weighted by atomic mass is 79.9. The van der Waals surface area contributed by atoms with Crippen LogP contribution < -0.4 is 10.6 Å². The van der Waals surface area contributed by atoms with E-state index >= 15 is 0 Å². The first-order chi connectivity index (χ1) is 8.24. The number of benzene rings is 1. The summed E-state index contributed by atoms with van der Waals surface area (Å²) in [5, 5.41) is 0. The number of hydrogen-bond donors (Lipinski definition) is 1. The number of halogens is 1. The average Bonchev–Trinajstić information content (AvgIpc) is 2.82. The molecule has 0 atom stereocenters. The van der Waals surface area contributed by atoms with E-state index in [0.29, 0.717) is 13.0 Å². The summed E-state index contributed by atoms with van der Waals surface area (Å²) in [5.41, 5.74) is 7.31. The van der Waals surface area contributed by atoms with Crippen molar-refractivity contribution in [1.82, 2.24) is 0 Å². The molecule has 0 bridgehead atoms. The summed E-state index contributed by atoms with van der Waals surface area (Å²) < 4.78 is 0.875. The summed E-state index contributed by atoms with van der Waals surface area (Å²) in [6.45, 7) is 2.48. The molecule has 1 aliphatic rings. The normalized spacial score (nSPS) is 15.3. The summed E-state index contributed by atoms with van der Waals surface area (Å²) in [7, 11) is 0. The molecule has 17 heavy (non-hydrogen) atoms. The lowest BCUT2D eigenvalue weighted by Crippen LogP contribution is -2.21. The van der Waals surface area contributed by atoms with E-state index in [9.17, 15) is 4.79 Å². The third kappa shape index (κ3) is 2.69. The van der Waals surface area contributed by atoms with Crippen molar-refractivity contribution in [2.24, 2.45) is 5.73 Å². The molecule has 1 fully saturated rings. The Kier molecular flexibility index (Phi) is 4.18. The molecule has 92 valence electrons. The van der Waals surface area contributed by atoms with Gasteiger partial charge in [0.1, 0.15) is 0 Å². The van der Waals surface area contributed by atoms with Crippen LogP contribution >= 0.6 is 15.9 Å². The minimum absolute atomic E-state index is 0.127. The van der Waals surface area contributed by atoms with Crippen molar-refractivity contribution in [3.05, 3.63) is 28.2 Å². The van der Waals surface area contributed by atoms with Crippen molar-refractivity contribution in [3.8, 4) is 0 Å². The van der Waals surface area contributed by atoms with Gasteiger partial charge >= 0.3 is 0 Å². The van der Waals surface area contributed by atoms with Gasteiger partial charge < -0.3 is 10.6 Å². The summed E-state index contributed by atoms with van der Waals surface area (Å²) in [5.74, 6) is 0.127. The van der Waals surface area contributed by atoms with E-state index in [1.54, 1.807) is 0 Å². The van der Waals surface area contributed by atoms with Crippen molar-refractivity contribution < 1.29 is 4.79 Å². The number of hydrogen-bond acceptors (Lipinski definition) is 3. The number of anilines is 1. The Hall–Kier alpha value is -0.870. The summed E-state index contributed by atoms with van der Waals surface area (Å²) in [6.07, 6.45) is 2.82. The van der Waals surface area contributed by atoms with E-state index in [0.717, 1.165) is 28.8 Å². The van der Waals surface area contributed by atoms with Gasteiger partial charge in [-0.3, -0.25) is 4.79 Å². The van der Waals surface area contributed by atoms with Crippen LogP contribution in [0.25, 0.3) is 0 Å². The second kappa shape index (κ2) is 5.65. The fourth-order valence-electron chi connectivity index (χ4n) is 2.27. The van der Waals surface area contributed by atoms with E-state index in [2.05, 4.69) is 20.8 Å². The fourth-order valence-corrected chi connectivity index (χ4v) is 2.84. The molecule has 1 aromatic rings. The molecule has 1 saturated heterocycles. The Labute approximate surface area is 110 Å². The molecule has 0 unspecified atom stereocenters. The Morgan fingerprint density at radius 3 is 2.71 bits per heavy atom. The SMILES string of the molecule is NCCC(=O)c1c(Br)cccc1N1CCCC1. The molecular weight excluding hydrogens is 280 g/mol. The van der Waals surface area contributed by atoms with Gasteiger partial charge in [-0.2, -0.15) is 0 Å². The Morgan fingerprint density at radius 2 is 2.06 bits per heavy atom. The van der Waals surface area contributed by atoms with Gasteiger partial charge in [-0.05, 0) is 47.4 Å². The first kappa shape index (κ1) is 12.6. The van der Waals surface area contributed by atoms with E-state index in [4.69, 9.17) is 5.73 Å². The van der Waals surface area contributed by atoms with Gasteiger partial charge in [-0.25, -0.2) is 0 Å². The largest absolute Gasteiger partial charge is 0.371 e. The maximum absolute atomic E-state index is 12.1. The zero-order chi connectivity index (χ0) is 12.3. The van der Waals surface area contributed by atoms with Gasteiger partial charge in [0, 0.05) is 29.7 Å². The second-order valence-corrected chi connectivity index (χ2v) is 5.14. The van der Waals surface area contributed by atoms with E-state index in [-0.39, 0.29) is 5.78 Å². The molecule has 2 rings (SSSR count). The molecule has 0 amide bonds. The Morgan fingerprint density at radius 1 is 1.35 bits per heavy atom. The Balaban J connectivity index is 2.36. The van der Waals surface area contributed by atoms with Crippen molar-refractivity contribution in [3.63, 3.8) is 0 Å². The molecule has 2 N–H and O–H groups in total. The van der Waals surface area contributed by atoms with Crippen LogP contribution in [0.5, 0.6) is 0 Å². The second-order valence-electron chi connectivity index (χ2n) is 4.29. The van der Waals surface area contributed by atoms with Gasteiger partial charge in [0.05, 0.1) is 5.56 Å². The average molecular weight is 297 g/mol. The van der Waals surface area contributed by atoms with Gasteiger partial charge in [-0.1, -0.05) is 6.07 Å². The van der Waals surface area contributed by atoms with Crippen LogP contribution in [0.3, 0.4) is 0 Å². The minimum atomic E-state index is 0.127. The fraction of sp³-hybridized carbons (Fsp3) is 0.462. The highest BCUT2D eigenvalue weighted by Crippen LogP contribution is 2.31. The van der Waals surface area contributed by atoms with E-state index < -0.39 is 0 Å². The highest BCUT2D eigenvalue weighted by Gasteiger charge is 2.20. The maximum Gasteiger partial charge on any atom is 0.167 e. The van der Waals surface area contributed by atoms with Crippen LogP contribution in [-0.2, 0) is 0 Å². The number of ketones is 1. The number of nitrogens with zero attached hydrogens (tertiary/aromatic N) is 1. The summed E-state index contributed by atoms with van der Waals surface area (Å²) in [4.78, 5) is 14.4. The zero-order valence-electron chi connectivity index (χ0n) is 9.79. The predicted molar refractivity (Wildman–Crippen MR) is 73.6 cm³/mol. The van der Waals surface area contributed by atoms with Crippen LogP contribution in [0.2, 0.25) is 0 Å². The molecule has 0 aromatic heterocycles. The van der Waals surface area contributed by atoms with Crippen LogP contribution in [0.15, 0.2) is 22.7 Å². The van der Waals surface area contributed by atoms with Gasteiger partial charge in [0.2, 0.25) is 0 Å². The molecule has 4 heteroatoms. The zero-order valence-corrected chi connectivity index (χ0v) is 11.4. The lowest BCUT2D eigenvalue weighted by Gasteiger charge is -2.21. The summed E-state index contributed by atoms with van der Waals surface area (Å²) in [6, 6.07) is 5.93. The topological polar surface area (TPSA) is 46.3 Å². The molecule has 1 aliphatic heterocycles. The van der Waals surface area contributed by atoms with Crippen LogP contribution in [0.1, 0.15) is 29.6 Å². The first-order valence-corrected chi connectivity index (χ1v) is 6.80. The van der Waals surface area contributed by atoms with Crippen molar-refractivity contribution in [2.45, 2.75) is 19.3 Å². The molecule has 3 nitrogen and oxygen atoms in total. The van der Waals surface area contributed by atoms with Gasteiger partial charge in [0.25, 0.3) is 0 Å². The van der Waals surface area contributed by atoms with Crippen molar-refractivity contribution in [1.29, 1.82) is 0 Å². The molecular formula is C13H17BrN2O. The van der Waals surface area contributed by atoms with Crippen LogP contribution in [0, 0.1) is 0 Å².